The molecule has 0 spiro atoms. The van der Waals surface area contributed by atoms with Crippen molar-refractivity contribution in [3.8, 4) is 11.5 Å². The second kappa shape index (κ2) is 7.14. The zero-order chi connectivity index (χ0) is 18.0. The van der Waals surface area contributed by atoms with Crippen LogP contribution in [0.3, 0.4) is 0 Å². The molecule has 2 aromatic heterocycles. The van der Waals surface area contributed by atoms with Crippen molar-refractivity contribution in [1.29, 1.82) is 0 Å². The molecule has 4 rings (SSSR count). The Morgan fingerprint density at radius 3 is 2.58 bits per heavy atom. The minimum Gasteiger partial charge on any atom is -0.486 e. The van der Waals surface area contributed by atoms with E-state index in [4.69, 9.17) is 13.9 Å². The number of thiophene rings is 1. The third-order valence-corrected chi connectivity index (χ3v) is 6.62. The van der Waals surface area contributed by atoms with Crippen LogP contribution in [0.2, 0.25) is 0 Å². The molecular formula is C18H17NO5S2. The monoisotopic (exact) mass is 391 g/mol. The minimum atomic E-state index is -3.74. The van der Waals surface area contributed by atoms with Gasteiger partial charge in [-0.3, -0.25) is 0 Å². The van der Waals surface area contributed by atoms with Crippen LogP contribution >= 0.6 is 11.3 Å². The van der Waals surface area contributed by atoms with Gasteiger partial charge in [-0.25, -0.2) is 8.42 Å². The maximum absolute atomic E-state index is 13.3. The summed E-state index contributed by atoms with van der Waals surface area (Å²) in [7, 11) is -3.74. The van der Waals surface area contributed by atoms with Gasteiger partial charge in [0.2, 0.25) is 10.0 Å². The van der Waals surface area contributed by atoms with Gasteiger partial charge >= 0.3 is 0 Å². The topological polar surface area (TPSA) is 69.0 Å². The van der Waals surface area contributed by atoms with Crippen LogP contribution in [0.4, 0.5) is 0 Å². The molecule has 0 saturated carbocycles. The van der Waals surface area contributed by atoms with Crippen molar-refractivity contribution in [3.63, 3.8) is 0 Å². The first-order valence-corrected chi connectivity index (χ1v) is 10.4. The smallest absolute Gasteiger partial charge is 0.243 e. The summed E-state index contributed by atoms with van der Waals surface area (Å²) in [6.07, 6.45) is 1.54. The molecule has 0 radical (unpaired) electrons. The zero-order valence-corrected chi connectivity index (χ0v) is 15.5. The maximum atomic E-state index is 13.3. The minimum absolute atomic E-state index is 0.154. The van der Waals surface area contributed by atoms with E-state index < -0.39 is 10.0 Å². The predicted molar refractivity (Wildman–Crippen MR) is 96.9 cm³/mol. The Kier molecular flexibility index (Phi) is 4.71. The Balaban J connectivity index is 1.68. The molecule has 3 aromatic rings. The van der Waals surface area contributed by atoms with Crippen LogP contribution in [0.25, 0.3) is 0 Å². The van der Waals surface area contributed by atoms with Crippen LogP contribution in [0.15, 0.2) is 63.4 Å². The molecular weight excluding hydrogens is 374 g/mol. The van der Waals surface area contributed by atoms with Gasteiger partial charge in [-0.1, -0.05) is 6.07 Å². The van der Waals surface area contributed by atoms with Gasteiger partial charge < -0.3 is 13.9 Å². The fourth-order valence-corrected chi connectivity index (χ4v) is 4.91. The highest BCUT2D eigenvalue weighted by molar-refractivity contribution is 7.89. The number of furan rings is 1. The van der Waals surface area contributed by atoms with Crippen molar-refractivity contribution in [3.05, 3.63) is 64.7 Å². The van der Waals surface area contributed by atoms with Crippen molar-refractivity contribution in [2.24, 2.45) is 0 Å². The van der Waals surface area contributed by atoms with Gasteiger partial charge in [0, 0.05) is 17.5 Å². The van der Waals surface area contributed by atoms with Crippen LogP contribution in [0.1, 0.15) is 10.6 Å². The van der Waals surface area contributed by atoms with Gasteiger partial charge in [0.25, 0.3) is 0 Å². The molecule has 0 fully saturated rings. The van der Waals surface area contributed by atoms with Gasteiger partial charge in [-0.15, -0.1) is 11.3 Å². The highest BCUT2D eigenvalue weighted by atomic mass is 32.2. The largest absolute Gasteiger partial charge is 0.486 e. The van der Waals surface area contributed by atoms with E-state index in [9.17, 15) is 8.42 Å². The molecule has 0 atom stereocenters. The summed E-state index contributed by atoms with van der Waals surface area (Å²) in [6, 6.07) is 12.0. The molecule has 0 N–H and O–H groups in total. The molecule has 1 aliphatic heterocycles. The molecule has 6 nitrogen and oxygen atoms in total. The highest BCUT2D eigenvalue weighted by Gasteiger charge is 2.28. The number of sulfonamides is 1. The number of ether oxygens (including phenoxy) is 2. The lowest BCUT2D eigenvalue weighted by Crippen LogP contribution is -2.30. The Bertz CT molecular complexity index is 929. The maximum Gasteiger partial charge on any atom is 0.243 e. The number of benzene rings is 1. The lowest BCUT2D eigenvalue weighted by molar-refractivity contribution is 0.171. The fraction of sp³-hybridized carbons (Fsp3) is 0.222. The average Bonchev–Trinajstić information content (AvgIpc) is 3.35. The number of hydrogen-bond acceptors (Lipinski definition) is 6. The van der Waals surface area contributed by atoms with Crippen LogP contribution < -0.4 is 9.47 Å². The Hall–Kier alpha value is -2.29. The first-order chi connectivity index (χ1) is 12.6. The van der Waals surface area contributed by atoms with Crippen LogP contribution in [-0.2, 0) is 23.1 Å². The third kappa shape index (κ3) is 3.48. The average molecular weight is 391 g/mol. The zero-order valence-electron chi connectivity index (χ0n) is 13.8. The van der Waals surface area contributed by atoms with Crippen molar-refractivity contribution < 1.29 is 22.3 Å². The van der Waals surface area contributed by atoms with E-state index in [-0.39, 0.29) is 18.0 Å². The predicted octanol–water partition coefficient (Wildman–Crippen LogP) is 3.50. The first kappa shape index (κ1) is 17.1. The fourth-order valence-electron chi connectivity index (χ4n) is 2.71. The molecule has 136 valence electrons. The molecule has 0 bridgehead atoms. The Labute approximate surface area is 155 Å². The summed E-state index contributed by atoms with van der Waals surface area (Å²) in [5, 5.41) is 1.93. The molecule has 0 aliphatic carbocycles. The lowest BCUT2D eigenvalue weighted by atomic mass is 10.3. The Morgan fingerprint density at radius 2 is 1.85 bits per heavy atom. The number of rotatable bonds is 6. The normalized spacial score (nSPS) is 13.9. The van der Waals surface area contributed by atoms with Crippen molar-refractivity contribution in [2.45, 2.75) is 18.0 Å². The van der Waals surface area contributed by atoms with E-state index in [1.807, 2.05) is 17.5 Å². The van der Waals surface area contributed by atoms with E-state index in [1.54, 1.807) is 24.3 Å². The summed E-state index contributed by atoms with van der Waals surface area (Å²) in [5.74, 6) is 1.60. The highest BCUT2D eigenvalue weighted by Crippen LogP contribution is 2.34. The second-order valence-corrected chi connectivity index (χ2v) is 8.71. The van der Waals surface area contributed by atoms with Gasteiger partial charge in [0.05, 0.1) is 17.7 Å². The first-order valence-electron chi connectivity index (χ1n) is 8.07. The van der Waals surface area contributed by atoms with Gasteiger partial charge in [0.15, 0.2) is 11.5 Å². The summed E-state index contributed by atoms with van der Waals surface area (Å²) in [5.41, 5.74) is 0. The Morgan fingerprint density at radius 1 is 1.00 bits per heavy atom. The van der Waals surface area contributed by atoms with E-state index in [0.717, 1.165) is 4.88 Å². The van der Waals surface area contributed by atoms with E-state index in [2.05, 4.69) is 0 Å². The van der Waals surface area contributed by atoms with Crippen LogP contribution in [0.5, 0.6) is 11.5 Å². The molecule has 3 heterocycles. The number of nitrogens with zero attached hydrogens (tertiary/aromatic N) is 1. The van der Waals surface area contributed by atoms with Gasteiger partial charge in [-0.05, 0) is 35.7 Å². The molecule has 26 heavy (non-hydrogen) atoms. The van der Waals surface area contributed by atoms with Crippen molar-refractivity contribution in [1.82, 2.24) is 4.31 Å². The second-order valence-electron chi connectivity index (χ2n) is 5.74. The van der Waals surface area contributed by atoms with E-state index in [0.29, 0.717) is 30.5 Å². The van der Waals surface area contributed by atoms with Crippen LogP contribution in [0, 0.1) is 0 Å². The van der Waals surface area contributed by atoms with Gasteiger partial charge in [-0.2, -0.15) is 4.31 Å². The molecule has 8 heteroatoms. The lowest BCUT2D eigenvalue weighted by Gasteiger charge is -2.23. The van der Waals surface area contributed by atoms with Crippen molar-refractivity contribution in [2.75, 3.05) is 13.2 Å². The summed E-state index contributed by atoms with van der Waals surface area (Å²) >= 11 is 1.52. The van der Waals surface area contributed by atoms with Crippen molar-refractivity contribution >= 4 is 21.4 Å². The van der Waals surface area contributed by atoms with E-state index >= 15 is 0 Å². The van der Waals surface area contributed by atoms with Gasteiger partial charge in [0.1, 0.15) is 19.0 Å². The summed E-state index contributed by atoms with van der Waals surface area (Å²) in [4.78, 5) is 1.13. The standard InChI is InChI=1S/C18H17NO5S2/c20-26(21,16-5-6-17-18(11-16)24-9-8-23-17)19(12-14-3-1-7-22-14)13-15-4-2-10-25-15/h1-7,10-11H,8-9,12-13H2. The molecule has 0 amide bonds. The molecule has 0 saturated heterocycles. The quantitative estimate of drug-likeness (QED) is 0.643. The molecule has 1 aromatic carbocycles. The summed E-state index contributed by atoms with van der Waals surface area (Å²) < 4.78 is 44.3. The number of fused-ring (bicyclic) bond motifs is 1. The van der Waals surface area contributed by atoms with Crippen LogP contribution in [-0.4, -0.2) is 25.9 Å². The number of hydrogen-bond donors (Lipinski definition) is 0. The van der Waals surface area contributed by atoms with E-state index in [1.165, 1.54) is 28.0 Å². The SMILES string of the molecule is O=S(=O)(c1ccc2c(c1)OCCO2)N(Cc1ccco1)Cc1cccs1. The molecule has 0 unspecified atom stereocenters. The molecule has 1 aliphatic rings. The summed E-state index contributed by atoms with van der Waals surface area (Å²) in [6.45, 7) is 1.29. The third-order valence-electron chi connectivity index (χ3n) is 3.98.